The van der Waals surface area contributed by atoms with E-state index in [1.54, 1.807) is 28.8 Å². The number of anilines is 1. The molecule has 3 aromatic rings. The number of rotatable bonds is 5. The predicted octanol–water partition coefficient (Wildman–Crippen LogP) is 1.63. The number of hydrogen-bond donors (Lipinski definition) is 1. The molecule has 0 bridgehead atoms. The number of piperazine rings is 1. The van der Waals surface area contributed by atoms with Gasteiger partial charge in [0, 0.05) is 62.1 Å². The van der Waals surface area contributed by atoms with Crippen LogP contribution >= 0.6 is 11.3 Å². The average molecular weight is 442 g/mol. The van der Waals surface area contributed by atoms with Crippen LogP contribution in [0.5, 0.6) is 11.5 Å². The van der Waals surface area contributed by atoms with Gasteiger partial charge in [0.1, 0.15) is 0 Å². The Morgan fingerprint density at radius 3 is 2.84 bits per heavy atom. The maximum absolute atomic E-state index is 12.7. The summed E-state index contributed by atoms with van der Waals surface area (Å²) in [4.78, 5) is 34.7. The van der Waals surface area contributed by atoms with Gasteiger partial charge < -0.3 is 14.8 Å². The molecule has 0 unspecified atom stereocenters. The first-order valence-electron chi connectivity index (χ1n) is 10.2. The van der Waals surface area contributed by atoms with Gasteiger partial charge in [-0.05, 0) is 19.1 Å². The standard InChI is InChI=1S/C21H23N5O4S/c1-14(20(28)22-15-2-3-17-18(10-15)30-13-29-17)25-6-4-24(5-7-25)12-16-11-19(27)26-8-9-31-21(26)23-16/h2-3,8-11,14H,4-7,12-13H2,1H3,(H,22,28)/t14-/m0/s1. The lowest BCUT2D eigenvalue weighted by atomic mass is 10.2. The normalized spacial score (nSPS) is 17.7. The smallest absolute Gasteiger partial charge is 0.258 e. The molecule has 2 aromatic heterocycles. The van der Waals surface area contributed by atoms with Gasteiger partial charge in [-0.3, -0.25) is 23.8 Å². The third-order valence-corrected chi connectivity index (χ3v) is 6.47. The number of benzene rings is 1. The summed E-state index contributed by atoms with van der Waals surface area (Å²) in [5, 5.41) is 4.83. The van der Waals surface area contributed by atoms with Crippen LogP contribution in [0.2, 0.25) is 0 Å². The van der Waals surface area contributed by atoms with Crippen LogP contribution in [0.1, 0.15) is 12.6 Å². The lowest BCUT2D eigenvalue weighted by molar-refractivity contribution is -0.121. The van der Waals surface area contributed by atoms with E-state index in [4.69, 9.17) is 9.47 Å². The lowest BCUT2D eigenvalue weighted by Crippen LogP contribution is -2.52. The Balaban J connectivity index is 1.16. The number of ether oxygens (including phenoxy) is 2. The fourth-order valence-corrected chi connectivity index (χ4v) is 4.63. The molecular weight excluding hydrogens is 418 g/mol. The molecule has 5 rings (SSSR count). The molecular formula is C21H23N5O4S. The number of nitrogens with one attached hydrogen (secondary N) is 1. The zero-order valence-electron chi connectivity index (χ0n) is 17.1. The number of amides is 1. The van der Waals surface area contributed by atoms with Crippen LogP contribution in [0.25, 0.3) is 4.96 Å². The Labute approximate surface area is 182 Å². The van der Waals surface area contributed by atoms with Crippen LogP contribution in [0, 0.1) is 0 Å². The number of aromatic nitrogens is 2. The van der Waals surface area contributed by atoms with Gasteiger partial charge in [-0.15, -0.1) is 11.3 Å². The molecule has 1 N–H and O–H groups in total. The van der Waals surface area contributed by atoms with E-state index in [-0.39, 0.29) is 24.3 Å². The number of thiazole rings is 1. The van der Waals surface area contributed by atoms with Gasteiger partial charge >= 0.3 is 0 Å². The van der Waals surface area contributed by atoms with Crippen molar-refractivity contribution in [3.05, 3.63) is 51.9 Å². The van der Waals surface area contributed by atoms with Crippen molar-refractivity contribution in [2.24, 2.45) is 0 Å². The second kappa shape index (κ2) is 8.29. The van der Waals surface area contributed by atoms with Gasteiger partial charge in [0.2, 0.25) is 12.7 Å². The van der Waals surface area contributed by atoms with Crippen LogP contribution in [0.4, 0.5) is 5.69 Å². The second-order valence-electron chi connectivity index (χ2n) is 7.69. The first-order valence-corrected chi connectivity index (χ1v) is 11.1. The van der Waals surface area contributed by atoms with Gasteiger partial charge in [-0.25, -0.2) is 4.98 Å². The summed E-state index contributed by atoms with van der Waals surface area (Å²) in [6, 6.07) is 6.75. The third-order valence-electron chi connectivity index (χ3n) is 5.72. The molecule has 31 heavy (non-hydrogen) atoms. The van der Waals surface area contributed by atoms with Crippen molar-refractivity contribution >= 4 is 27.9 Å². The predicted molar refractivity (Wildman–Crippen MR) is 117 cm³/mol. The van der Waals surface area contributed by atoms with Gasteiger partial charge in [0.25, 0.3) is 5.56 Å². The van der Waals surface area contributed by atoms with Crippen molar-refractivity contribution in [1.29, 1.82) is 0 Å². The highest BCUT2D eigenvalue weighted by Gasteiger charge is 2.26. The van der Waals surface area contributed by atoms with Crippen LogP contribution in [-0.2, 0) is 11.3 Å². The van der Waals surface area contributed by atoms with Gasteiger partial charge in [0.15, 0.2) is 16.5 Å². The lowest BCUT2D eigenvalue weighted by Gasteiger charge is -2.37. The topological polar surface area (TPSA) is 88.4 Å². The van der Waals surface area contributed by atoms with Crippen molar-refractivity contribution < 1.29 is 14.3 Å². The van der Waals surface area contributed by atoms with E-state index in [1.807, 2.05) is 18.4 Å². The Hall–Kier alpha value is -2.95. The molecule has 9 nitrogen and oxygen atoms in total. The Morgan fingerprint density at radius 2 is 2.00 bits per heavy atom. The number of carbonyl (C=O) groups excluding carboxylic acids is 1. The SMILES string of the molecule is C[C@@H](C(=O)Nc1ccc2c(c1)OCO2)N1CCN(Cc2cc(=O)n3ccsc3n2)CC1. The first kappa shape index (κ1) is 20.0. The monoisotopic (exact) mass is 441 g/mol. The fourth-order valence-electron chi connectivity index (χ4n) is 3.89. The molecule has 10 heteroatoms. The fraction of sp³-hybridized carbons (Fsp3) is 0.381. The maximum Gasteiger partial charge on any atom is 0.258 e. The molecule has 162 valence electrons. The molecule has 1 atom stereocenters. The maximum atomic E-state index is 12.7. The number of hydrogen-bond acceptors (Lipinski definition) is 8. The molecule has 0 saturated carbocycles. The van der Waals surface area contributed by atoms with E-state index in [0.717, 1.165) is 36.8 Å². The van der Waals surface area contributed by atoms with Crippen LogP contribution in [-0.4, -0.2) is 64.1 Å². The summed E-state index contributed by atoms with van der Waals surface area (Å²) in [5.74, 6) is 1.29. The first-order chi connectivity index (χ1) is 15.1. The van der Waals surface area contributed by atoms with E-state index in [1.165, 1.54) is 11.3 Å². The van der Waals surface area contributed by atoms with Crippen molar-refractivity contribution in [3.8, 4) is 11.5 Å². The summed E-state index contributed by atoms with van der Waals surface area (Å²) in [6.45, 7) is 5.94. The summed E-state index contributed by atoms with van der Waals surface area (Å²) in [6.07, 6.45) is 1.74. The van der Waals surface area contributed by atoms with Crippen molar-refractivity contribution in [1.82, 2.24) is 19.2 Å². The minimum Gasteiger partial charge on any atom is -0.454 e. The highest BCUT2D eigenvalue weighted by atomic mass is 32.1. The van der Waals surface area contributed by atoms with E-state index >= 15 is 0 Å². The summed E-state index contributed by atoms with van der Waals surface area (Å²) in [7, 11) is 0. The van der Waals surface area contributed by atoms with Crippen LogP contribution < -0.4 is 20.3 Å². The molecule has 0 aliphatic carbocycles. The van der Waals surface area contributed by atoms with Crippen LogP contribution in [0.3, 0.4) is 0 Å². The van der Waals surface area contributed by atoms with E-state index < -0.39 is 0 Å². The second-order valence-corrected chi connectivity index (χ2v) is 8.56. The quantitative estimate of drug-likeness (QED) is 0.644. The summed E-state index contributed by atoms with van der Waals surface area (Å²) in [5.41, 5.74) is 1.43. The Bertz CT molecular complexity index is 1170. The highest BCUT2D eigenvalue weighted by Crippen LogP contribution is 2.34. The van der Waals surface area contributed by atoms with Crippen molar-refractivity contribution in [2.75, 3.05) is 38.3 Å². The molecule has 4 heterocycles. The molecule has 1 fully saturated rings. The van der Waals surface area contributed by atoms with E-state index in [2.05, 4.69) is 20.1 Å². The minimum absolute atomic E-state index is 0.0475. The van der Waals surface area contributed by atoms with E-state index in [9.17, 15) is 9.59 Å². The van der Waals surface area contributed by atoms with Crippen molar-refractivity contribution in [2.45, 2.75) is 19.5 Å². The zero-order chi connectivity index (χ0) is 21.4. The van der Waals surface area contributed by atoms with Gasteiger partial charge in [0.05, 0.1) is 11.7 Å². The number of carbonyl (C=O) groups is 1. The van der Waals surface area contributed by atoms with E-state index in [0.29, 0.717) is 23.7 Å². The molecule has 0 spiro atoms. The molecule has 1 amide bonds. The number of nitrogens with zero attached hydrogens (tertiary/aromatic N) is 4. The Morgan fingerprint density at radius 1 is 1.19 bits per heavy atom. The Kier molecular flexibility index (Phi) is 5.34. The van der Waals surface area contributed by atoms with Gasteiger partial charge in [-0.1, -0.05) is 0 Å². The molecule has 1 aromatic carbocycles. The molecule has 2 aliphatic rings. The van der Waals surface area contributed by atoms with Crippen LogP contribution in [0.15, 0.2) is 40.6 Å². The summed E-state index contributed by atoms with van der Waals surface area (Å²) >= 11 is 1.46. The van der Waals surface area contributed by atoms with Gasteiger partial charge in [-0.2, -0.15) is 0 Å². The summed E-state index contributed by atoms with van der Waals surface area (Å²) < 4.78 is 12.2. The van der Waals surface area contributed by atoms with Crippen molar-refractivity contribution in [3.63, 3.8) is 0 Å². The number of fused-ring (bicyclic) bond motifs is 2. The third kappa shape index (κ3) is 4.14. The highest BCUT2D eigenvalue weighted by molar-refractivity contribution is 7.15. The molecule has 1 saturated heterocycles. The molecule has 2 aliphatic heterocycles. The zero-order valence-corrected chi connectivity index (χ0v) is 17.9. The average Bonchev–Trinajstić information content (AvgIpc) is 3.43. The molecule has 0 radical (unpaired) electrons. The minimum atomic E-state index is -0.252. The largest absolute Gasteiger partial charge is 0.454 e.